The highest BCUT2D eigenvalue weighted by Crippen LogP contribution is 2.38. The van der Waals surface area contributed by atoms with Crippen molar-refractivity contribution in [3.63, 3.8) is 0 Å². The van der Waals surface area contributed by atoms with Crippen molar-refractivity contribution in [1.82, 2.24) is 0 Å². The summed E-state index contributed by atoms with van der Waals surface area (Å²) >= 11 is 1.64. The second kappa shape index (κ2) is 6.09. The fourth-order valence-corrected chi connectivity index (χ4v) is 3.84. The first-order chi connectivity index (χ1) is 10.6. The average Bonchev–Trinajstić information content (AvgIpc) is 2.68. The molecule has 0 saturated carbocycles. The summed E-state index contributed by atoms with van der Waals surface area (Å²) in [5.41, 5.74) is 2.83. The van der Waals surface area contributed by atoms with Crippen molar-refractivity contribution < 1.29 is 9.59 Å². The summed E-state index contributed by atoms with van der Waals surface area (Å²) in [6.45, 7) is 3.83. The largest absolute Gasteiger partial charge is 0.299 e. The summed E-state index contributed by atoms with van der Waals surface area (Å²) in [5, 5.41) is 0. The lowest BCUT2D eigenvalue weighted by Gasteiger charge is -2.13. The van der Waals surface area contributed by atoms with Crippen LogP contribution in [0.2, 0.25) is 0 Å². The van der Waals surface area contributed by atoms with Gasteiger partial charge in [-0.25, -0.2) is 0 Å². The van der Waals surface area contributed by atoms with E-state index in [-0.39, 0.29) is 17.5 Å². The zero-order valence-electron chi connectivity index (χ0n) is 12.8. The standard InChI is InChI=1S/C19H18O2S/c1-3-16(20)12(2)13-8-9-18-14(10-13)11-17(21)15-6-4-5-7-19(15)22-18/h4-10,12H,3,11H2,1-2H3. The Bertz CT molecular complexity index is 749. The molecular weight excluding hydrogens is 292 g/mol. The number of rotatable bonds is 3. The van der Waals surface area contributed by atoms with Crippen LogP contribution in [0.3, 0.4) is 0 Å². The van der Waals surface area contributed by atoms with Crippen LogP contribution < -0.4 is 0 Å². The fraction of sp³-hybridized carbons (Fsp3) is 0.263. The van der Waals surface area contributed by atoms with E-state index in [1.54, 1.807) is 11.8 Å². The normalized spacial score (nSPS) is 14.7. The van der Waals surface area contributed by atoms with Crippen molar-refractivity contribution in [3.05, 3.63) is 59.2 Å². The Kier molecular flexibility index (Phi) is 4.16. The molecule has 0 aromatic heterocycles. The van der Waals surface area contributed by atoms with Crippen molar-refractivity contribution in [2.75, 3.05) is 0 Å². The maximum absolute atomic E-state index is 12.5. The van der Waals surface area contributed by atoms with E-state index in [4.69, 9.17) is 0 Å². The minimum absolute atomic E-state index is 0.110. The molecule has 2 nitrogen and oxygen atoms in total. The molecule has 2 aromatic carbocycles. The van der Waals surface area contributed by atoms with Crippen LogP contribution in [-0.4, -0.2) is 11.6 Å². The molecule has 0 saturated heterocycles. The average molecular weight is 310 g/mol. The molecule has 0 fully saturated rings. The summed E-state index contributed by atoms with van der Waals surface area (Å²) in [7, 11) is 0. The Labute approximate surface area is 134 Å². The van der Waals surface area contributed by atoms with E-state index in [9.17, 15) is 9.59 Å². The fourth-order valence-electron chi connectivity index (χ4n) is 2.77. The predicted octanol–water partition coefficient (Wildman–Crippen LogP) is 4.66. The van der Waals surface area contributed by atoms with Gasteiger partial charge < -0.3 is 0 Å². The molecule has 1 aliphatic heterocycles. The van der Waals surface area contributed by atoms with Crippen LogP contribution in [0.5, 0.6) is 0 Å². The van der Waals surface area contributed by atoms with Crippen molar-refractivity contribution in [2.45, 2.75) is 42.4 Å². The number of fused-ring (bicyclic) bond motifs is 2. The van der Waals surface area contributed by atoms with Crippen LogP contribution in [-0.2, 0) is 11.2 Å². The summed E-state index contributed by atoms with van der Waals surface area (Å²) in [4.78, 5) is 26.5. The molecule has 3 heteroatoms. The lowest BCUT2D eigenvalue weighted by molar-refractivity contribution is -0.119. The maximum Gasteiger partial charge on any atom is 0.168 e. The van der Waals surface area contributed by atoms with Crippen LogP contribution >= 0.6 is 11.8 Å². The summed E-state index contributed by atoms with van der Waals surface area (Å²) < 4.78 is 0. The first-order valence-electron chi connectivity index (χ1n) is 7.55. The van der Waals surface area contributed by atoms with Crippen LogP contribution in [0.25, 0.3) is 0 Å². The van der Waals surface area contributed by atoms with E-state index in [1.165, 1.54) is 0 Å². The Morgan fingerprint density at radius 1 is 1.18 bits per heavy atom. The molecule has 2 aromatic rings. The smallest absolute Gasteiger partial charge is 0.168 e. The second-order valence-electron chi connectivity index (χ2n) is 5.61. The highest BCUT2D eigenvalue weighted by Gasteiger charge is 2.22. The molecule has 0 aliphatic carbocycles. The van der Waals surface area contributed by atoms with Gasteiger partial charge in [0.1, 0.15) is 5.78 Å². The van der Waals surface area contributed by atoms with E-state index in [0.717, 1.165) is 26.5 Å². The molecule has 1 aliphatic rings. The van der Waals surface area contributed by atoms with E-state index in [2.05, 4.69) is 0 Å². The SMILES string of the molecule is CCC(=O)C(C)c1ccc2c(c1)CC(=O)c1ccccc1S2. The van der Waals surface area contributed by atoms with Crippen molar-refractivity contribution >= 4 is 23.3 Å². The van der Waals surface area contributed by atoms with Gasteiger partial charge in [0.2, 0.25) is 0 Å². The lowest BCUT2D eigenvalue weighted by atomic mass is 9.92. The Morgan fingerprint density at radius 3 is 2.73 bits per heavy atom. The zero-order chi connectivity index (χ0) is 15.7. The van der Waals surface area contributed by atoms with Gasteiger partial charge in [-0.1, -0.05) is 55.9 Å². The number of hydrogen-bond acceptors (Lipinski definition) is 3. The minimum Gasteiger partial charge on any atom is -0.299 e. The van der Waals surface area contributed by atoms with Gasteiger partial charge in [-0.15, -0.1) is 0 Å². The van der Waals surface area contributed by atoms with Crippen LogP contribution in [0.4, 0.5) is 0 Å². The summed E-state index contributed by atoms with van der Waals surface area (Å²) in [5.74, 6) is 0.269. The van der Waals surface area contributed by atoms with Gasteiger partial charge in [0.05, 0.1) is 0 Å². The van der Waals surface area contributed by atoms with Crippen molar-refractivity contribution in [1.29, 1.82) is 0 Å². The number of ketones is 2. The van der Waals surface area contributed by atoms with E-state index < -0.39 is 0 Å². The van der Waals surface area contributed by atoms with Crippen LogP contribution in [0, 0.1) is 0 Å². The van der Waals surface area contributed by atoms with Crippen LogP contribution in [0.15, 0.2) is 52.3 Å². The molecule has 1 heterocycles. The monoisotopic (exact) mass is 310 g/mol. The van der Waals surface area contributed by atoms with E-state index in [0.29, 0.717) is 12.8 Å². The first-order valence-corrected chi connectivity index (χ1v) is 8.37. The summed E-state index contributed by atoms with van der Waals surface area (Å²) in [6.07, 6.45) is 0.942. The van der Waals surface area contributed by atoms with Gasteiger partial charge in [-0.3, -0.25) is 9.59 Å². The van der Waals surface area contributed by atoms with Crippen molar-refractivity contribution in [3.8, 4) is 0 Å². The lowest BCUT2D eigenvalue weighted by Crippen LogP contribution is -2.09. The molecule has 1 atom stereocenters. The topological polar surface area (TPSA) is 34.1 Å². The Hall–Kier alpha value is -1.87. The molecule has 0 amide bonds. The highest BCUT2D eigenvalue weighted by molar-refractivity contribution is 7.99. The van der Waals surface area contributed by atoms with Gasteiger partial charge >= 0.3 is 0 Å². The van der Waals surface area contributed by atoms with Gasteiger partial charge in [0.25, 0.3) is 0 Å². The third-order valence-electron chi connectivity index (χ3n) is 4.17. The molecule has 3 rings (SSSR count). The number of benzene rings is 2. The number of carbonyl (C=O) groups is 2. The Balaban J connectivity index is 2.00. The molecule has 0 bridgehead atoms. The van der Waals surface area contributed by atoms with Crippen molar-refractivity contribution in [2.24, 2.45) is 0 Å². The van der Waals surface area contributed by atoms with Gasteiger partial charge in [0, 0.05) is 34.1 Å². The molecule has 0 N–H and O–H groups in total. The molecule has 22 heavy (non-hydrogen) atoms. The van der Waals surface area contributed by atoms with Crippen LogP contribution in [0.1, 0.15) is 47.7 Å². The van der Waals surface area contributed by atoms with E-state index in [1.807, 2.05) is 56.3 Å². The molecule has 0 radical (unpaired) electrons. The maximum atomic E-state index is 12.5. The highest BCUT2D eigenvalue weighted by atomic mass is 32.2. The summed E-state index contributed by atoms with van der Waals surface area (Å²) in [6, 6.07) is 13.8. The van der Waals surface area contributed by atoms with Gasteiger partial charge in [0.15, 0.2) is 5.78 Å². The Morgan fingerprint density at radius 2 is 1.95 bits per heavy atom. The first kappa shape index (κ1) is 15.0. The molecule has 112 valence electrons. The second-order valence-corrected chi connectivity index (χ2v) is 6.69. The third kappa shape index (κ3) is 2.73. The van der Waals surface area contributed by atoms with Gasteiger partial charge in [-0.2, -0.15) is 0 Å². The minimum atomic E-state index is -0.110. The quantitative estimate of drug-likeness (QED) is 0.827. The van der Waals surface area contributed by atoms with Gasteiger partial charge in [-0.05, 0) is 23.3 Å². The predicted molar refractivity (Wildman–Crippen MR) is 88.8 cm³/mol. The number of Topliss-reactive ketones (excluding diaryl/α,β-unsaturated/α-hetero) is 2. The zero-order valence-corrected chi connectivity index (χ0v) is 13.6. The molecular formula is C19H18O2S. The number of carbonyl (C=O) groups excluding carboxylic acids is 2. The number of hydrogen-bond donors (Lipinski definition) is 0. The molecule has 0 spiro atoms. The third-order valence-corrected chi connectivity index (χ3v) is 5.37. The van der Waals surface area contributed by atoms with E-state index >= 15 is 0 Å². The molecule has 1 unspecified atom stereocenters.